The van der Waals surface area contributed by atoms with Gasteiger partial charge in [-0.05, 0) is 24.3 Å². The number of carbonyl (C=O) groups is 1. The van der Waals surface area contributed by atoms with E-state index in [0.717, 1.165) is 0 Å². The number of nitrogens with one attached hydrogen (secondary N) is 1. The summed E-state index contributed by atoms with van der Waals surface area (Å²) in [6.45, 7) is 0.546. The highest BCUT2D eigenvalue weighted by Gasteiger charge is 2.18. The normalized spacial score (nSPS) is 13.3. The van der Waals surface area contributed by atoms with Gasteiger partial charge in [-0.1, -0.05) is 11.6 Å². The van der Waals surface area contributed by atoms with Crippen LogP contribution in [0.15, 0.2) is 30.6 Å². The highest BCUT2D eigenvalue weighted by atomic mass is 35.5. The number of aromatic nitrogens is 2. The monoisotopic (exact) mass is 335 g/mol. The second-order valence-electron chi connectivity index (χ2n) is 5.28. The Balaban J connectivity index is 1.80. The van der Waals surface area contributed by atoms with Crippen LogP contribution >= 0.6 is 11.6 Å². The van der Waals surface area contributed by atoms with Crippen LogP contribution in [0.25, 0.3) is 6.08 Å². The van der Waals surface area contributed by atoms with Crippen molar-refractivity contribution in [2.75, 3.05) is 19.4 Å². The van der Waals surface area contributed by atoms with Crippen LogP contribution in [0.2, 0.25) is 5.02 Å². The molecule has 3 rings (SSSR count). The van der Waals surface area contributed by atoms with E-state index in [1.165, 1.54) is 18.2 Å². The van der Waals surface area contributed by atoms with E-state index in [4.69, 9.17) is 11.6 Å². The summed E-state index contributed by atoms with van der Waals surface area (Å²) in [5, 5.41) is 6.70. The number of anilines is 1. The fourth-order valence-corrected chi connectivity index (χ4v) is 2.35. The number of carbonyl (C=O) groups excluding carboxylic acids is 1. The van der Waals surface area contributed by atoms with Gasteiger partial charge in [0.25, 0.3) is 5.91 Å². The van der Waals surface area contributed by atoms with Gasteiger partial charge in [0.15, 0.2) is 0 Å². The maximum Gasteiger partial charge on any atom is 0.275 e. The summed E-state index contributed by atoms with van der Waals surface area (Å²) >= 11 is 5.82. The Hall–Kier alpha value is -2.38. The van der Waals surface area contributed by atoms with Crippen molar-refractivity contribution in [3.8, 4) is 0 Å². The van der Waals surface area contributed by atoms with Crippen molar-refractivity contribution in [2.24, 2.45) is 0 Å². The van der Waals surface area contributed by atoms with Gasteiger partial charge in [-0.2, -0.15) is 0 Å². The number of hydrogen-bond acceptors (Lipinski definition) is 4. The molecule has 1 amide bonds. The number of hydrogen-bond donors (Lipinski definition) is 1. The van der Waals surface area contributed by atoms with Gasteiger partial charge in [0.1, 0.15) is 24.0 Å². The van der Waals surface area contributed by atoms with Crippen LogP contribution in [0.4, 0.5) is 10.1 Å². The molecule has 0 radical (unpaired) electrons. The summed E-state index contributed by atoms with van der Waals surface area (Å²) in [5.74, 6) is -0.372. The summed E-state index contributed by atoms with van der Waals surface area (Å²) in [7, 11) is 3.84. The number of halogens is 2. The third-order valence-corrected chi connectivity index (χ3v) is 3.66. The maximum absolute atomic E-state index is 13.7. The Labute approximate surface area is 137 Å². The highest BCUT2D eigenvalue weighted by molar-refractivity contribution is 6.31. The first kappa shape index (κ1) is 15.5. The fraction of sp³-hybridized carbons (Fsp3) is 0.200. The lowest BCUT2D eigenvalue weighted by atomic mass is 10.3. The van der Waals surface area contributed by atoms with E-state index in [1.807, 2.05) is 34.9 Å². The van der Waals surface area contributed by atoms with Crippen molar-refractivity contribution in [3.63, 3.8) is 0 Å². The van der Waals surface area contributed by atoms with Crippen molar-refractivity contribution < 1.29 is 9.18 Å². The molecule has 1 aromatic carbocycles. The minimum absolute atomic E-state index is 0.0268. The van der Waals surface area contributed by atoms with Crippen LogP contribution in [0.3, 0.4) is 0 Å². The number of nitrogens with zero attached hydrogens (tertiary/aromatic N) is 4. The molecule has 1 aliphatic rings. The summed E-state index contributed by atoms with van der Waals surface area (Å²) in [6, 6.07) is 3.98. The molecule has 2 heterocycles. The third-order valence-electron chi connectivity index (χ3n) is 3.42. The third kappa shape index (κ3) is 3.20. The van der Waals surface area contributed by atoms with Gasteiger partial charge < -0.3 is 9.88 Å². The summed E-state index contributed by atoms with van der Waals surface area (Å²) in [6.07, 6.45) is 5.31. The van der Waals surface area contributed by atoms with E-state index < -0.39 is 11.7 Å². The Morgan fingerprint density at radius 1 is 1.43 bits per heavy atom. The lowest BCUT2D eigenvalue weighted by Crippen LogP contribution is -2.35. The minimum atomic E-state index is -0.551. The van der Waals surface area contributed by atoms with Crippen molar-refractivity contribution >= 4 is 29.3 Å². The summed E-state index contributed by atoms with van der Waals surface area (Å²) in [5.41, 5.74) is 0.239. The summed E-state index contributed by atoms with van der Waals surface area (Å²) < 4.78 is 15.5. The van der Waals surface area contributed by atoms with Gasteiger partial charge in [-0.25, -0.2) is 14.4 Å². The fourth-order valence-electron chi connectivity index (χ4n) is 2.18. The largest absolute Gasteiger partial charge is 0.318 e. The molecular formula is C15H15ClFN5O. The molecule has 0 saturated heterocycles. The second-order valence-corrected chi connectivity index (χ2v) is 5.71. The zero-order valence-electron chi connectivity index (χ0n) is 12.6. The second kappa shape index (κ2) is 6.02. The Bertz CT molecular complexity index is 786. The summed E-state index contributed by atoms with van der Waals surface area (Å²) in [4.78, 5) is 16.5. The molecule has 0 spiro atoms. The molecule has 1 aromatic heterocycles. The van der Waals surface area contributed by atoms with Gasteiger partial charge in [0.2, 0.25) is 0 Å². The van der Waals surface area contributed by atoms with Crippen LogP contribution in [0.1, 0.15) is 16.3 Å². The number of benzene rings is 1. The van der Waals surface area contributed by atoms with Crippen molar-refractivity contribution in [1.82, 2.24) is 19.6 Å². The number of imidazole rings is 1. The van der Waals surface area contributed by atoms with Crippen LogP contribution in [-0.4, -0.2) is 39.6 Å². The minimum Gasteiger partial charge on any atom is -0.318 e. The molecule has 6 nitrogen and oxygen atoms in total. The molecule has 0 aliphatic carbocycles. The topological polar surface area (TPSA) is 53.4 Å². The number of amides is 1. The van der Waals surface area contributed by atoms with Gasteiger partial charge in [0.05, 0.1) is 5.69 Å². The Morgan fingerprint density at radius 3 is 2.96 bits per heavy atom. The van der Waals surface area contributed by atoms with Gasteiger partial charge in [-0.15, -0.1) is 0 Å². The molecule has 0 unspecified atom stereocenters. The van der Waals surface area contributed by atoms with Gasteiger partial charge in [-0.3, -0.25) is 9.80 Å². The zero-order chi connectivity index (χ0) is 16.6. The van der Waals surface area contributed by atoms with Crippen LogP contribution < -0.4 is 5.32 Å². The van der Waals surface area contributed by atoms with E-state index in [2.05, 4.69) is 10.3 Å². The molecule has 0 bridgehead atoms. The molecule has 23 heavy (non-hydrogen) atoms. The average Bonchev–Trinajstić information content (AvgIpc) is 2.94. The Kier molecular flexibility index (Phi) is 4.06. The lowest BCUT2D eigenvalue weighted by Gasteiger charge is -2.30. The number of fused-ring (bicyclic) bond motifs is 1. The number of hydrazine groups is 1. The molecule has 0 saturated carbocycles. The van der Waals surface area contributed by atoms with E-state index in [9.17, 15) is 9.18 Å². The van der Waals surface area contributed by atoms with Gasteiger partial charge >= 0.3 is 0 Å². The standard InChI is InChI=1S/C15H15ClFN5O/c1-20(2)22-6-5-14-18-13(8-21(14)9-22)15(23)19-12-7-10(16)3-4-11(12)17/h3-8H,9H2,1-2H3,(H,19,23). The zero-order valence-corrected chi connectivity index (χ0v) is 13.4. The van der Waals surface area contributed by atoms with E-state index in [-0.39, 0.29) is 11.4 Å². The molecular weight excluding hydrogens is 321 g/mol. The molecule has 0 fully saturated rings. The average molecular weight is 336 g/mol. The first-order valence-corrected chi connectivity index (χ1v) is 7.27. The highest BCUT2D eigenvalue weighted by Crippen LogP contribution is 2.21. The van der Waals surface area contributed by atoms with Gasteiger partial charge in [0, 0.05) is 31.5 Å². The van der Waals surface area contributed by atoms with E-state index >= 15 is 0 Å². The van der Waals surface area contributed by atoms with Crippen molar-refractivity contribution in [2.45, 2.75) is 6.67 Å². The molecule has 1 aliphatic heterocycles. The van der Waals surface area contributed by atoms with Crippen LogP contribution in [0.5, 0.6) is 0 Å². The van der Waals surface area contributed by atoms with E-state index in [0.29, 0.717) is 17.5 Å². The SMILES string of the molecule is CN(C)N1C=Cc2nc(C(=O)Nc3cc(Cl)ccc3F)cn2C1. The predicted octanol–water partition coefficient (Wildman–Crippen LogP) is 2.65. The van der Waals surface area contributed by atoms with Crippen molar-refractivity contribution in [1.29, 1.82) is 0 Å². The molecule has 120 valence electrons. The van der Waals surface area contributed by atoms with Crippen LogP contribution in [-0.2, 0) is 6.67 Å². The van der Waals surface area contributed by atoms with E-state index in [1.54, 1.807) is 12.3 Å². The quantitative estimate of drug-likeness (QED) is 0.937. The maximum atomic E-state index is 13.7. The van der Waals surface area contributed by atoms with Crippen LogP contribution in [0, 0.1) is 5.82 Å². The molecule has 1 N–H and O–H groups in total. The molecule has 8 heteroatoms. The van der Waals surface area contributed by atoms with Crippen molar-refractivity contribution in [3.05, 3.63) is 53.0 Å². The Morgan fingerprint density at radius 2 is 2.22 bits per heavy atom. The lowest BCUT2D eigenvalue weighted by molar-refractivity contribution is 0.0466. The first-order chi connectivity index (χ1) is 10.9. The predicted molar refractivity (Wildman–Crippen MR) is 86.2 cm³/mol. The smallest absolute Gasteiger partial charge is 0.275 e. The first-order valence-electron chi connectivity index (χ1n) is 6.89. The molecule has 2 aromatic rings. The number of rotatable bonds is 3. The molecule has 0 atom stereocenters.